The first-order valence-electron chi connectivity index (χ1n) is 13.0. The standard InChI is InChI=1S/C29H32BrN3O5/c1-19(4-2-6-26(35)31-14-3-5-23(31)18-34)29(38)24-16-21(30)9-12-25(24)33(28(29)37)17-20-7-10-22(11-8-20)32-15-13-27(32)36/h2,4,7-12,16,19,23,34,38H,3,5-6,13-15,17-18H2,1H3/b4-2+/t19-,23-,29+/m0/s1. The van der Waals surface area contributed by atoms with Crippen LogP contribution < -0.4 is 9.80 Å². The summed E-state index contributed by atoms with van der Waals surface area (Å²) < 4.78 is 0.753. The van der Waals surface area contributed by atoms with Crippen LogP contribution in [0.15, 0.2) is 59.1 Å². The van der Waals surface area contributed by atoms with E-state index in [-0.39, 0.29) is 37.4 Å². The zero-order valence-corrected chi connectivity index (χ0v) is 22.9. The highest BCUT2D eigenvalue weighted by atomic mass is 79.9. The Morgan fingerprint density at radius 1 is 1.18 bits per heavy atom. The molecule has 0 aromatic heterocycles. The number of halogens is 1. The van der Waals surface area contributed by atoms with E-state index in [1.54, 1.807) is 39.8 Å². The molecule has 0 unspecified atom stereocenters. The largest absolute Gasteiger partial charge is 0.394 e. The fourth-order valence-corrected chi connectivity index (χ4v) is 5.97. The van der Waals surface area contributed by atoms with Crippen LogP contribution in [0, 0.1) is 5.92 Å². The molecule has 2 aromatic rings. The molecular formula is C29H32BrN3O5. The number of benzene rings is 2. The summed E-state index contributed by atoms with van der Waals surface area (Å²) in [6, 6.07) is 12.9. The van der Waals surface area contributed by atoms with Crippen LogP contribution in [0.3, 0.4) is 0 Å². The molecule has 2 fully saturated rings. The molecule has 8 nitrogen and oxygen atoms in total. The summed E-state index contributed by atoms with van der Waals surface area (Å²) in [5, 5.41) is 21.4. The molecule has 3 aliphatic heterocycles. The highest BCUT2D eigenvalue weighted by Crippen LogP contribution is 2.46. The molecule has 2 aromatic carbocycles. The SMILES string of the molecule is C[C@@H](/C=C/CC(=O)N1CCC[C@H]1CO)[C@]1(O)C(=O)N(Cc2ccc(N3CCC3=O)cc2)c2ccc(Br)cc21. The lowest BCUT2D eigenvalue weighted by molar-refractivity contribution is -0.139. The van der Waals surface area contributed by atoms with Crippen molar-refractivity contribution in [3.63, 3.8) is 0 Å². The molecule has 3 heterocycles. The number of amides is 3. The molecule has 3 atom stereocenters. The Bertz CT molecular complexity index is 1280. The predicted octanol–water partition coefficient (Wildman–Crippen LogP) is 3.49. The van der Waals surface area contributed by atoms with Crippen molar-refractivity contribution in [2.75, 3.05) is 29.5 Å². The number of anilines is 2. The topological polar surface area (TPSA) is 101 Å². The van der Waals surface area contributed by atoms with Crippen LogP contribution in [0.1, 0.15) is 43.7 Å². The van der Waals surface area contributed by atoms with Crippen LogP contribution in [0.25, 0.3) is 0 Å². The minimum Gasteiger partial charge on any atom is -0.394 e. The van der Waals surface area contributed by atoms with E-state index in [0.717, 1.165) is 35.1 Å². The number of β-lactam (4-membered cyclic amide) rings is 1. The average molecular weight is 582 g/mol. The summed E-state index contributed by atoms with van der Waals surface area (Å²) in [6.07, 6.45) is 5.83. The summed E-state index contributed by atoms with van der Waals surface area (Å²) in [7, 11) is 0. The van der Waals surface area contributed by atoms with Gasteiger partial charge in [-0.1, -0.05) is 47.1 Å². The predicted molar refractivity (Wildman–Crippen MR) is 147 cm³/mol. The molecule has 0 bridgehead atoms. The molecule has 0 spiro atoms. The maximum atomic E-state index is 13.8. The van der Waals surface area contributed by atoms with Gasteiger partial charge in [0.05, 0.1) is 24.9 Å². The number of fused-ring (bicyclic) bond motifs is 1. The molecule has 2 saturated heterocycles. The second-order valence-electron chi connectivity index (χ2n) is 10.3. The van der Waals surface area contributed by atoms with E-state index in [4.69, 9.17) is 0 Å². The van der Waals surface area contributed by atoms with Crippen molar-refractivity contribution in [2.45, 2.75) is 50.8 Å². The number of rotatable bonds is 8. The van der Waals surface area contributed by atoms with Crippen molar-refractivity contribution in [2.24, 2.45) is 5.92 Å². The lowest BCUT2D eigenvalue weighted by atomic mass is 9.83. The van der Waals surface area contributed by atoms with Crippen molar-refractivity contribution in [3.8, 4) is 0 Å². The first kappa shape index (κ1) is 26.6. The number of carbonyl (C=O) groups is 3. The maximum absolute atomic E-state index is 13.8. The third-order valence-corrected chi connectivity index (χ3v) is 8.45. The Hall–Kier alpha value is -3.01. The quantitative estimate of drug-likeness (QED) is 0.367. The van der Waals surface area contributed by atoms with Crippen LogP contribution in [0.2, 0.25) is 0 Å². The van der Waals surface area contributed by atoms with Crippen LogP contribution in [-0.2, 0) is 26.5 Å². The molecule has 9 heteroatoms. The van der Waals surface area contributed by atoms with Gasteiger partial charge in [0.15, 0.2) is 5.60 Å². The zero-order chi connectivity index (χ0) is 27.0. The molecule has 3 amide bonds. The van der Waals surface area contributed by atoms with Crippen LogP contribution >= 0.6 is 15.9 Å². The fourth-order valence-electron chi connectivity index (χ4n) is 5.61. The Kier molecular flexibility index (Phi) is 7.44. The molecular weight excluding hydrogens is 550 g/mol. The van der Waals surface area contributed by atoms with Gasteiger partial charge in [0.2, 0.25) is 11.8 Å². The van der Waals surface area contributed by atoms with Gasteiger partial charge in [-0.2, -0.15) is 0 Å². The number of nitrogens with zero attached hydrogens (tertiary/aromatic N) is 3. The van der Waals surface area contributed by atoms with E-state index < -0.39 is 17.4 Å². The third-order valence-electron chi connectivity index (χ3n) is 7.95. The third kappa shape index (κ3) is 4.67. The maximum Gasteiger partial charge on any atom is 0.264 e. The first-order chi connectivity index (χ1) is 18.2. The number of hydrogen-bond donors (Lipinski definition) is 2. The second-order valence-corrected chi connectivity index (χ2v) is 11.2. The Morgan fingerprint density at radius 2 is 1.95 bits per heavy atom. The number of likely N-dealkylation sites (tertiary alicyclic amines) is 1. The van der Waals surface area contributed by atoms with Crippen LogP contribution in [0.5, 0.6) is 0 Å². The van der Waals surface area contributed by atoms with E-state index in [0.29, 0.717) is 24.2 Å². The number of aliphatic hydroxyl groups excluding tert-OH is 1. The molecule has 200 valence electrons. The lowest BCUT2D eigenvalue weighted by Crippen LogP contribution is -2.44. The van der Waals surface area contributed by atoms with Crippen molar-refractivity contribution >= 4 is 45.0 Å². The second kappa shape index (κ2) is 10.6. The first-order valence-corrected chi connectivity index (χ1v) is 13.8. The van der Waals surface area contributed by atoms with Gasteiger partial charge >= 0.3 is 0 Å². The van der Waals surface area contributed by atoms with Gasteiger partial charge in [0.1, 0.15) is 0 Å². The number of carbonyl (C=O) groups excluding carboxylic acids is 3. The van der Waals surface area contributed by atoms with E-state index in [2.05, 4.69) is 15.9 Å². The Morgan fingerprint density at radius 3 is 2.61 bits per heavy atom. The molecule has 5 rings (SSSR count). The highest BCUT2D eigenvalue weighted by Gasteiger charge is 2.52. The molecule has 2 N–H and O–H groups in total. The summed E-state index contributed by atoms with van der Waals surface area (Å²) in [4.78, 5) is 43.2. The lowest BCUT2D eigenvalue weighted by Gasteiger charge is -2.31. The molecule has 0 radical (unpaired) electrons. The smallest absolute Gasteiger partial charge is 0.264 e. The minimum absolute atomic E-state index is 0.0410. The zero-order valence-electron chi connectivity index (χ0n) is 21.3. The molecule has 0 aliphatic carbocycles. The van der Waals surface area contributed by atoms with Crippen LogP contribution in [0.4, 0.5) is 11.4 Å². The number of aliphatic hydroxyl groups is 2. The van der Waals surface area contributed by atoms with Gasteiger partial charge in [0.25, 0.3) is 5.91 Å². The van der Waals surface area contributed by atoms with E-state index >= 15 is 0 Å². The van der Waals surface area contributed by atoms with Gasteiger partial charge in [-0.05, 0) is 48.7 Å². The highest BCUT2D eigenvalue weighted by molar-refractivity contribution is 9.10. The van der Waals surface area contributed by atoms with Crippen molar-refractivity contribution in [1.82, 2.24) is 4.90 Å². The van der Waals surface area contributed by atoms with Gasteiger partial charge < -0.3 is 24.9 Å². The van der Waals surface area contributed by atoms with Gasteiger partial charge in [-0.25, -0.2) is 0 Å². The van der Waals surface area contributed by atoms with E-state index in [1.807, 2.05) is 36.4 Å². The Balaban J connectivity index is 1.34. The number of hydrogen-bond acceptors (Lipinski definition) is 5. The van der Waals surface area contributed by atoms with Gasteiger partial charge in [0, 0.05) is 47.6 Å². The van der Waals surface area contributed by atoms with Crippen molar-refractivity contribution < 1.29 is 24.6 Å². The fraction of sp³-hybridized carbons (Fsp3) is 0.414. The summed E-state index contributed by atoms with van der Waals surface area (Å²) >= 11 is 3.47. The van der Waals surface area contributed by atoms with Crippen molar-refractivity contribution in [1.29, 1.82) is 0 Å². The van der Waals surface area contributed by atoms with Gasteiger partial charge in [-0.3, -0.25) is 14.4 Å². The van der Waals surface area contributed by atoms with E-state index in [9.17, 15) is 24.6 Å². The Labute approximate surface area is 230 Å². The molecule has 0 saturated carbocycles. The van der Waals surface area contributed by atoms with Crippen LogP contribution in [-0.4, -0.2) is 58.6 Å². The summed E-state index contributed by atoms with van der Waals surface area (Å²) in [5.41, 5.74) is 1.09. The minimum atomic E-state index is -1.79. The summed E-state index contributed by atoms with van der Waals surface area (Å²) in [6.45, 7) is 3.37. The molecule has 38 heavy (non-hydrogen) atoms. The summed E-state index contributed by atoms with van der Waals surface area (Å²) in [5.74, 6) is -0.971. The average Bonchev–Trinajstić information content (AvgIpc) is 3.47. The van der Waals surface area contributed by atoms with E-state index in [1.165, 1.54) is 0 Å². The van der Waals surface area contributed by atoms with Gasteiger partial charge in [-0.15, -0.1) is 0 Å². The van der Waals surface area contributed by atoms with Crippen molar-refractivity contribution in [3.05, 3.63) is 70.2 Å². The molecule has 3 aliphatic rings. The normalized spacial score (nSPS) is 23.8. The monoisotopic (exact) mass is 581 g/mol.